The number of rotatable bonds is 8. The van der Waals surface area contributed by atoms with Crippen LogP contribution in [0.5, 0.6) is 0 Å². The number of methoxy groups -OCH3 is 1. The average Bonchev–Trinajstić information content (AvgIpc) is 2.54. The Bertz CT molecular complexity index is 339. The van der Waals surface area contributed by atoms with Crippen molar-refractivity contribution in [3.63, 3.8) is 0 Å². The maximum Gasteiger partial charge on any atom is 0.0738 e. The van der Waals surface area contributed by atoms with E-state index in [9.17, 15) is 0 Å². The molecule has 4 nitrogen and oxygen atoms in total. The molecule has 0 aromatic carbocycles. The van der Waals surface area contributed by atoms with Crippen molar-refractivity contribution < 1.29 is 4.74 Å². The van der Waals surface area contributed by atoms with Crippen LogP contribution in [0.4, 0.5) is 0 Å². The summed E-state index contributed by atoms with van der Waals surface area (Å²) < 4.78 is 8.10. The van der Waals surface area contributed by atoms with E-state index < -0.39 is 0 Å². The molecule has 5 heteroatoms. The van der Waals surface area contributed by atoms with Gasteiger partial charge >= 0.3 is 0 Å². The van der Waals surface area contributed by atoms with Crippen LogP contribution in [0.3, 0.4) is 0 Å². The SMILES string of the molecule is COCCNCCCCc1c(Br)c(C)nn1C. The Morgan fingerprint density at radius 1 is 1.35 bits per heavy atom. The number of aromatic nitrogens is 2. The third-order valence-corrected chi connectivity index (χ3v) is 3.79. The quantitative estimate of drug-likeness (QED) is 0.747. The second-order valence-corrected chi connectivity index (χ2v) is 4.96. The summed E-state index contributed by atoms with van der Waals surface area (Å²) in [5.41, 5.74) is 2.36. The molecule has 0 aliphatic rings. The van der Waals surface area contributed by atoms with Crippen LogP contribution in [0, 0.1) is 6.92 Å². The highest BCUT2D eigenvalue weighted by Gasteiger charge is 2.09. The second-order valence-electron chi connectivity index (χ2n) is 4.17. The van der Waals surface area contributed by atoms with E-state index in [1.807, 2.05) is 18.7 Å². The molecular weight excluding hydrogens is 282 g/mol. The standard InChI is InChI=1S/C12H22BrN3O/c1-10-12(13)11(16(2)15-10)6-4-5-7-14-8-9-17-3/h14H,4-9H2,1-3H3. The van der Waals surface area contributed by atoms with Crippen molar-refractivity contribution >= 4 is 15.9 Å². The van der Waals surface area contributed by atoms with Crippen molar-refractivity contribution in [3.05, 3.63) is 15.9 Å². The van der Waals surface area contributed by atoms with E-state index in [4.69, 9.17) is 4.74 Å². The molecule has 0 saturated carbocycles. The highest BCUT2D eigenvalue weighted by molar-refractivity contribution is 9.10. The van der Waals surface area contributed by atoms with Gasteiger partial charge < -0.3 is 10.1 Å². The van der Waals surface area contributed by atoms with Crippen molar-refractivity contribution in [1.82, 2.24) is 15.1 Å². The number of nitrogens with one attached hydrogen (secondary N) is 1. The molecule has 0 saturated heterocycles. The first kappa shape index (κ1) is 14.7. The zero-order chi connectivity index (χ0) is 12.7. The Labute approximate surface area is 112 Å². The van der Waals surface area contributed by atoms with E-state index in [1.54, 1.807) is 7.11 Å². The molecule has 0 spiro atoms. The van der Waals surface area contributed by atoms with Crippen LogP contribution >= 0.6 is 15.9 Å². The molecule has 1 aromatic rings. The minimum atomic E-state index is 0.784. The first-order valence-electron chi connectivity index (χ1n) is 6.04. The monoisotopic (exact) mass is 303 g/mol. The molecule has 0 aliphatic carbocycles. The van der Waals surface area contributed by atoms with Gasteiger partial charge in [-0.25, -0.2) is 0 Å². The zero-order valence-corrected chi connectivity index (χ0v) is 12.5. The Balaban J connectivity index is 2.18. The number of hydrogen-bond acceptors (Lipinski definition) is 3. The van der Waals surface area contributed by atoms with Gasteiger partial charge in [-0.1, -0.05) is 0 Å². The molecule has 0 radical (unpaired) electrons. The summed E-state index contributed by atoms with van der Waals surface area (Å²) in [5, 5.41) is 7.74. The number of unbranched alkanes of at least 4 members (excludes halogenated alkanes) is 1. The van der Waals surface area contributed by atoms with Gasteiger partial charge in [0.25, 0.3) is 0 Å². The van der Waals surface area contributed by atoms with E-state index in [-0.39, 0.29) is 0 Å². The number of nitrogens with zero attached hydrogens (tertiary/aromatic N) is 2. The maximum atomic E-state index is 4.97. The highest BCUT2D eigenvalue weighted by Crippen LogP contribution is 2.21. The average molecular weight is 304 g/mol. The minimum absolute atomic E-state index is 0.784. The van der Waals surface area contributed by atoms with Crippen LogP contribution < -0.4 is 5.32 Å². The molecule has 0 atom stereocenters. The summed E-state index contributed by atoms with van der Waals surface area (Å²) >= 11 is 3.59. The largest absolute Gasteiger partial charge is 0.383 e. The van der Waals surface area contributed by atoms with Gasteiger partial charge in [-0.15, -0.1) is 0 Å². The zero-order valence-electron chi connectivity index (χ0n) is 10.9. The van der Waals surface area contributed by atoms with Crippen LogP contribution in [0.2, 0.25) is 0 Å². The number of halogens is 1. The van der Waals surface area contributed by atoms with Crippen LogP contribution in [-0.2, 0) is 18.2 Å². The van der Waals surface area contributed by atoms with Crippen molar-refractivity contribution in [1.29, 1.82) is 0 Å². The molecule has 0 bridgehead atoms. The third-order valence-electron chi connectivity index (χ3n) is 2.76. The van der Waals surface area contributed by atoms with E-state index in [2.05, 4.69) is 26.3 Å². The Morgan fingerprint density at radius 3 is 2.71 bits per heavy atom. The normalized spacial score (nSPS) is 11.1. The minimum Gasteiger partial charge on any atom is -0.383 e. The molecule has 1 aromatic heterocycles. The van der Waals surface area contributed by atoms with Gasteiger partial charge in [0.15, 0.2) is 0 Å². The molecule has 17 heavy (non-hydrogen) atoms. The first-order chi connectivity index (χ1) is 8.16. The summed E-state index contributed by atoms with van der Waals surface area (Å²) in [5.74, 6) is 0. The second kappa shape index (κ2) is 7.84. The van der Waals surface area contributed by atoms with Gasteiger partial charge in [0.05, 0.1) is 22.5 Å². The predicted molar refractivity (Wildman–Crippen MR) is 73.3 cm³/mol. The lowest BCUT2D eigenvalue weighted by Crippen LogP contribution is -2.20. The first-order valence-corrected chi connectivity index (χ1v) is 6.83. The number of ether oxygens (including phenoxy) is 1. The van der Waals surface area contributed by atoms with Gasteiger partial charge in [-0.3, -0.25) is 4.68 Å². The lowest BCUT2D eigenvalue weighted by atomic mass is 10.2. The number of hydrogen-bond donors (Lipinski definition) is 1. The summed E-state index contributed by atoms with van der Waals surface area (Å²) in [6.45, 7) is 4.80. The van der Waals surface area contributed by atoms with Crippen LogP contribution in [-0.4, -0.2) is 36.6 Å². The molecule has 98 valence electrons. The van der Waals surface area contributed by atoms with Gasteiger partial charge in [0.2, 0.25) is 0 Å². The topological polar surface area (TPSA) is 39.1 Å². The van der Waals surface area contributed by atoms with Crippen molar-refractivity contribution in [2.24, 2.45) is 7.05 Å². The third kappa shape index (κ3) is 4.77. The van der Waals surface area contributed by atoms with Gasteiger partial charge in [-0.05, 0) is 48.7 Å². The molecule has 0 amide bonds. The molecule has 0 unspecified atom stereocenters. The fourth-order valence-electron chi connectivity index (χ4n) is 1.79. The highest BCUT2D eigenvalue weighted by atomic mass is 79.9. The van der Waals surface area contributed by atoms with Crippen LogP contribution in [0.25, 0.3) is 0 Å². The van der Waals surface area contributed by atoms with Crippen LogP contribution in [0.1, 0.15) is 24.2 Å². The lowest BCUT2D eigenvalue weighted by Gasteiger charge is -2.05. The van der Waals surface area contributed by atoms with E-state index in [1.165, 1.54) is 18.5 Å². The molecule has 0 fully saturated rings. The summed E-state index contributed by atoms with van der Waals surface area (Å²) in [6, 6.07) is 0. The van der Waals surface area contributed by atoms with Gasteiger partial charge in [0, 0.05) is 20.7 Å². The van der Waals surface area contributed by atoms with Gasteiger partial charge in [0.1, 0.15) is 0 Å². The number of aryl methyl sites for hydroxylation is 2. The Kier molecular flexibility index (Phi) is 6.77. The summed E-state index contributed by atoms with van der Waals surface area (Å²) in [4.78, 5) is 0. The Hall–Kier alpha value is -0.390. The maximum absolute atomic E-state index is 4.97. The lowest BCUT2D eigenvalue weighted by molar-refractivity contribution is 0.199. The van der Waals surface area contributed by atoms with E-state index in [0.29, 0.717) is 0 Å². The molecule has 0 aliphatic heterocycles. The van der Waals surface area contributed by atoms with Crippen molar-refractivity contribution in [3.8, 4) is 0 Å². The summed E-state index contributed by atoms with van der Waals surface area (Å²) in [7, 11) is 3.73. The molecular formula is C12H22BrN3O. The fourth-order valence-corrected chi connectivity index (χ4v) is 2.33. The van der Waals surface area contributed by atoms with E-state index >= 15 is 0 Å². The Morgan fingerprint density at radius 2 is 2.12 bits per heavy atom. The molecule has 1 heterocycles. The smallest absolute Gasteiger partial charge is 0.0738 e. The van der Waals surface area contributed by atoms with Gasteiger partial charge in [-0.2, -0.15) is 5.10 Å². The molecule has 1 rings (SSSR count). The summed E-state index contributed by atoms with van der Waals surface area (Å²) in [6.07, 6.45) is 3.43. The van der Waals surface area contributed by atoms with Crippen molar-refractivity contribution in [2.75, 3.05) is 26.8 Å². The predicted octanol–water partition coefficient (Wildman–Crippen LogP) is 2.05. The van der Waals surface area contributed by atoms with Crippen LogP contribution in [0.15, 0.2) is 4.47 Å². The fraction of sp³-hybridized carbons (Fsp3) is 0.750. The molecule has 1 N–H and O–H groups in total. The van der Waals surface area contributed by atoms with Crippen molar-refractivity contribution in [2.45, 2.75) is 26.2 Å². The van der Waals surface area contributed by atoms with E-state index in [0.717, 1.165) is 36.3 Å².